The van der Waals surface area contributed by atoms with E-state index in [0.717, 1.165) is 0 Å². The molecule has 0 bridgehead atoms. The molecule has 1 heterocycles. The highest BCUT2D eigenvalue weighted by molar-refractivity contribution is 6.61. The maximum Gasteiger partial charge on any atom is 0.497 e. The van der Waals surface area contributed by atoms with Crippen LogP contribution in [0.5, 0.6) is 0 Å². The van der Waals surface area contributed by atoms with Crippen molar-refractivity contribution >= 4 is 12.6 Å². The van der Waals surface area contributed by atoms with Crippen molar-refractivity contribution in [3.05, 3.63) is 30.1 Å². The first kappa shape index (κ1) is 9.68. The van der Waals surface area contributed by atoms with Gasteiger partial charge in [0.1, 0.15) is 5.82 Å². The molecule has 0 amide bonds. The lowest BCUT2D eigenvalue weighted by atomic mass is 9.79. The van der Waals surface area contributed by atoms with E-state index in [2.05, 4.69) is 0 Å². The van der Waals surface area contributed by atoms with E-state index in [1.165, 1.54) is 6.07 Å². The molecule has 0 N–H and O–H groups in total. The largest absolute Gasteiger partial charge is 0.497 e. The molecule has 0 saturated carbocycles. The van der Waals surface area contributed by atoms with Crippen molar-refractivity contribution in [2.45, 2.75) is 19.4 Å². The lowest BCUT2D eigenvalue weighted by molar-refractivity contribution is 0.137. The van der Waals surface area contributed by atoms with Crippen LogP contribution in [-0.4, -0.2) is 19.3 Å². The minimum Gasteiger partial charge on any atom is -0.404 e. The van der Waals surface area contributed by atoms with Crippen molar-refractivity contribution in [1.82, 2.24) is 0 Å². The van der Waals surface area contributed by atoms with Gasteiger partial charge in [-0.05, 0) is 19.9 Å². The van der Waals surface area contributed by atoms with E-state index in [0.29, 0.717) is 12.1 Å². The average Bonchev–Trinajstić information content (AvgIpc) is 2.47. The maximum absolute atomic E-state index is 13.3. The van der Waals surface area contributed by atoms with Gasteiger partial charge in [0.05, 0.1) is 12.2 Å². The first-order chi connectivity index (χ1) is 6.58. The molecule has 1 saturated heterocycles. The normalized spacial score (nSPS) is 20.1. The molecule has 1 aliphatic heterocycles. The molecular weight excluding hydrogens is 182 g/mol. The van der Waals surface area contributed by atoms with Gasteiger partial charge in [0.2, 0.25) is 0 Å². The highest BCUT2D eigenvalue weighted by Crippen LogP contribution is 2.19. The zero-order valence-corrected chi connectivity index (χ0v) is 8.29. The third kappa shape index (κ3) is 1.81. The van der Waals surface area contributed by atoms with Gasteiger partial charge in [-0.25, -0.2) is 4.39 Å². The van der Waals surface area contributed by atoms with Crippen molar-refractivity contribution < 1.29 is 13.7 Å². The average molecular weight is 194 g/mol. The second-order valence-corrected chi connectivity index (χ2v) is 4.04. The van der Waals surface area contributed by atoms with Crippen LogP contribution in [0.3, 0.4) is 0 Å². The minimum absolute atomic E-state index is 0.282. The quantitative estimate of drug-likeness (QED) is 0.628. The second kappa shape index (κ2) is 3.37. The molecule has 2 rings (SSSR count). The summed E-state index contributed by atoms with van der Waals surface area (Å²) in [5, 5.41) is 0. The van der Waals surface area contributed by atoms with E-state index in [4.69, 9.17) is 9.31 Å². The highest BCUT2D eigenvalue weighted by atomic mass is 19.1. The van der Waals surface area contributed by atoms with Crippen LogP contribution in [0.1, 0.15) is 13.8 Å². The SMILES string of the molecule is CC1(C)COB(c2ccccc2F)O1. The fourth-order valence-corrected chi connectivity index (χ4v) is 1.45. The Labute approximate surface area is 83.2 Å². The molecule has 4 heteroatoms. The molecule has 0 unspecified atom stereocenters. The molecule has 1 aromatic carbocycles. The van der Waals surface area contributed by atoms with Crippen molar-refractivity contribution in [3.8, 4) is 0 Å². The van der Waals surface area contributed by atoms with Crippen LogP contribution >= 0.6 is 0 Å². The van der Waals surface area contributed by atoms with Crippen LogP contribution < -0.4 is 5.46 Å². The molecule has 0 aliphatic carbocycles. The smallest absolute Gasteiger partial charge is 0.404 e. The molecule has 1 fully saturated rings. The number of halogens is 1. The molecule has 0 radical (unpaired) electrons. The summed E-state index contributed by atoms with van der Waals surface area (Å²) in [7, 11) is -0.564. The summed E-state index contributed by atoms with van der Waals surface area (Å²) >= 11 is 0. The lowest BCUT2D eigenvalue weighted by Gasteiger charge is -2.15. The van der Waals surface area contributed by atoms with Crippen LogP contribution in [0, 0.1) is 5.82 Å². The van der Waals surface area contributed by atoms with Crippen LogP contribution in [0.25, 0.3) is 0 Å². The molecule has 74 valence electrons. The molecule has 0 spiro atoms. The molecule has 0 atom stereocenters. The Morgan fingerprint density at radius 1 is 1.36 bits per heavy atom. The summed E-state index contributed by atoms with van der Waals surface area (Å²) in [6.45, 7) is 4.34. The highest BCUT2D eigenvalue weighted by Gasteiger charge is 2.39. The van der Waals surface area contributed by atoms with E-state index in [1.54, 1.807) is 18.2 Å². The summed E-state index contributed by atoms with van der Waals surface area (Å²) < 4.78 is 24.3. The van der Waals surface area contributed by atoms with Crippen LogP contribution in [0.2, 0.25) is 0 Å². The third-order valence-corrected chi connectivity index (χ3v) is 2.17. The van der Waals surface area contributed by atoms with Gasteiger partial charge >= 0.3 is 7.12 Å². The maximum atomic E-state index is 13.3. The molecule has 1 aliphatic rings. The van der Waals surface area contributed by atoms with Gasteiger partial charge < -0.3 is 9.31 Å². The van der Waals surface area contributed by atoms with Gasteiger partial charge in [-0.1, -0.05) is 18.2 Å². The summed E-state index contributed by atoms with van der Waals surface area (Å²) in [5.74, 6) is -0.282. The second-order valence-electron chi connectivity index (χ2n) is 4.04. The molecular formula is C10H12BFO2. The van der Waals surface area contributed by atoms with Gasteiger partial charge in [-0.15, -0.1) is 0 Å². The Hall–Kier alpha value is -0.865. The standard InChI is InChI=1S/C10H12BFO2/c1-10(2)7-13-11(14-10)8-5-3-4-6-9(8)12/h3-6H,7H2,1-2H3. The Morgan fingerprint density at radius 2 is 2.07 bits per heavy atom. The van der Waals surface area contributed by atoms with Crippen LogP contribution in [0.15, 0.2) is 24.3 Å². The van der Waals surface area contributed by atoms with Crippen LogP contribution in [0.4, 0.5) is 4.39 Å². The first-order valence-electron chi connectivity index (χ1n) is 4.62. The zero-order chi connectivity index (χ0) is 10.2. The summed E-state index contributed by atoms with van der Waals surface area (Å²) in [6, 6.07) is 6.52. The molecule has 0 aromatic heterocycles. The monoisotopic (exact) mass is 194 g/mol. The van der Waals surface area contributed by atoms with Gasteiger partial charge in [-0.2, -0.15) is 0 Å². The molecule has 2 nitrogen and oxygen atoms in total. The first-order valence-corrected chi connectivity index (χ1v) is 4.62. The summed E-state index contributed by atoms with van der Waals surface area (Å²) in [6.07, 6.45) is 0. The Bertz CT molecular complexity index is 341. The number of benzene rings is 1. The van der Waals surface area contributed by atoms with Gasteiger partial charge in [-0.3, -0.25) is 0 Å². The van der Waals surface area contributed by atoms with Gasteiger partial charge in [0, 0.05) is 5.46 Å². The lowest BCUT2D eigenvalue weighted by Crippen LogP contribution is -2.36. The third-order valence-electron chi connectivity index (χ3n) is 2.17. The van der Waals surface area contributed by atoms with Gasteiger partial charge in [0.25, 0.3) is 0 Å². The zero-order valence-electron chi connectivity index (χ0n) is 8.29. The van der Waals surface area contributed by atoms with E-state index in [9.17, 15) is 4.39 Å². The van der Waals surface area contributed by atoms with Gasteiger partial charge in [0.15, 0.2) is 0 Å². The van der Waals surface area contributed by atoms with E-state index >= 15 is 0 Å². The Kier molecular flexibility index (Phi) is 2.33. The van der Waals surface area contributed by atoms with E-state index in [1.807, 2.05) is 13.8 Å². The predicted molar refractivity (Wildman–Crippen MR) is 52.9 cm³/mol. The minimum atomic E-state index is -0.564. The van der Waals surface area contributed by atoms with E-state index < -0.39 is 7.12 Å². The Morgan fingerprint density at radius 3 is 2.64 bits per heavy atom. The van der Waals surface area contributed by atoms with Crippen molar-refractivity contribution in [1.29, 1.82) is 0 Å². The molecule has 1 aromatic rings. The van der Waals surface area contributed by atoms with Crippen molar-refractivity contribution in [2.75, 3.05) is 6.61 Å². The van der Waals surface area contributed by atoms with Crippen LogP contribution in [-0.2, 0) is 9.31 Å². The number of rotatable bonds is 1. The van der Waals surface area contributed by atoms with E-state index in [-0.39, 0.29) is 11.4 Å². The number of hydrogen-bond donors (Lipinski definition) is 0. The van der Waals surface area contributed by atoms with Crippen molar-refractivity contribution in [2.24, 2.45) is 0 Å². The topological polar surface area (TPSA) is 18.5 Å². The van der Waals surface area contributed by atoms with Crippen molar-refractivity contribution in [3.63, 3.8) is 0 Å². The number of hydrogen-bond acceptors (Lipinski definition) is 2. The summed E-state index contributed by atoms with van der Waals surface area (Å²) in [4.78, 5) is 0. The summed E-state index contributed by atoms with van der Waals surface area (Å²) in [5.41, 5.74) is 0.144. The Balaban J connectivity index is 2.22. The fraction of sp³-hybridized carbons (Fsp3) is 0.400. The predicted octanol–water partition coefficient (Wildman–Crippen LogP) is 1.35. The molecule has 14 heavy (non-hydrogen) atoms. The fourth-order valence-electron chi connectivity index (χ4n) is 1.45.